The first-order chi connectivity index (χ1) is 25.4. The van der Waals surface area contributed by atoms with E-state index in [2.05, 4.69) is 0 Å². The number of aliphatic hydroxyl groups excluding tert-OH is 8. The molecule has 0 amide bonds. The Balaban J connectivity index is 1.42. The van der Waals surface area contributed by atoms with Crippen LogP contribution in [0.4, 0.5) is 0 Å². The fourth-order valence-corrected chi connectivity index (χ4v) is 6.32. The molecule has 54 heavy (non-hydrogen) atoms. The molecule has 0 spiro atoms. The Kier molecular flexibility index (Phi) is 11.2. The summed E-state index contributed by atoms with van der Waals surface area (Å²) < 4.78 is 39.9. The molecule has 3 aliphatic rings. The van der Waals surface area contributed by atoms with E-state index in [-0.39, 0.29) is 5.56 Å². The molecule has 0 saturated carbocycles. The molecular weight excluding hydrogens is 732 g/mol. The van der Waals surface area contributed by atoms with Crippen molar-refractivity contribution in [3.63, 3.8) is 0 Å². The Labute approximate surface area is 303 Å². The van der Waals surface area contributed by atoms with Gasteiger partial charge in [0.2, 0.25) is 17.5 Å². The molecule has 298 valence electrons. The van der Waals surface area contributed by atoms with Crippen LogP contribution in [-0.4, -0.2) is 165 Å². The summed E-state index contributed by atoms with van der Waals surface area (Å²) in [6, 6.07) is 3.45. The fourth-order valence-electron chi connectivity index (χ4n) is 6.32. The molecule has 21 heteroatoms. The summed E-state index contributed by atoms with van der Waals surface area (Å²) in [5, 5.41) is 135. The Morgan fingerprint density at radius 2 is 1.20 bits per heavy atom. The summed E-state index contributed by atoms with van der Waals surface area (Å²) in [4.78, 5) is 14.1. The average molecular weight is 773 g/mol. The van der Waals surface area contributed by atoms with Gasteiger partial charge >= 0.3 is 0 Å². The van der Waals surface area contributed by atoms with E-state index in [1.54, 1.807) is 0 Å². The highest BCUT2D eigenvalue weighted by Gasteiger charge is 2.52. The summed E-state index contributed by atoms with van der Waals surface area (Å²) in [6.45, 7) is 1.99. The molecule has 3 fully saturated rings. The number of phenolic OH excluding ortho intramolecular Hbond substituents is 5. The molecule has 2 aromatic carbocycles. The summed E-state index contributed by atoms with van der Waals surface area (Å²) in [6.07, 6.45) is -25.6. The zero-order chi connectivity index (χ0) is 39.5. The van der Waals surface area contributed by atoms with Gasteiger partial charge in [0.25, 0.3) is 0 Å². The largest absolute Gasteiger partial charge is 0.508 e. The van der Waals surface area contributed by atoms with E-state index < -0.39 is 155 Å². The number of hydrogen-bond donors (Lipinski definition) is 13. The molecular formula is C33H40O21. The van der Waals surface area contributed by atoms with Gasteiger partial charge < -0.3 is 99.2 Å². The van der Waals surface area contributed by atoms with Gasteiger partial charge in [-0.2, -0.15) is 0 Å². The van der Waals surface area contributed by atoms with Crippen molar-refractivity contribution in [3.05, 3.63) is 34.5 Å². The van der Waals surface area contributed by atoms with Crippen LogP contribution in [0.3, 0.4) is 0 Å². The van der Waals surface area contributed by atoms with E-state index in [1.807, 2.05) is 0 Å². The predicted octanol–water partition coefficient (Wildman–Crippen LogP) is -3.13. The van der Waals surface area contributed by atoms with E-state index in [0.717, 1.165) is 24.3 Å². The highest BCUT2D eigenvalue weighted by molar-refractivity contribution is 5.88. The van der Waals surface area contributed by atoms with Gasteiger partial charge in [-0.3, -0.25) is 4.79 Å². The van der Waals surface area contributed by atoms with Crippen molar-refractivity contribution in [2.75, 3.05) is 6.61 Å². The molecule has 3 aromatic rings. The second-order valence-corrected chi connectivity index (χ2v) is 13.2. The number of hydrogen-bond acceptors (Lipinski definition) is 21. The van der Waals surface area contributed by atoms with E-state index in [0.29, 0.717) is 0 Å². The third-order valence-electron chi connectivity index (χ3n) is 9.46. The minimum atomic E-state index is -2.08. The molecule has 6 rings (SSSR count). The van der Waals surface area contributed by atoms with E-state index in [4.69, 9.17) is 32.8 Å². The third-order valence-corrected chi connectivity index (χ3v) is 9.46. The fraction of sp³-hybridized carbons (Fsp3) is 0.545. The van der Waals surface area contributed by atoms with Gasteiger partial charge in [0.1, 0.15) is 77.4 Å². The highest BCUT2D eigenvalue weighted by atomic mass is 16.8. The first-order valence-corrected chi connectivity index (χ1v) is 16.5. The van der Waals surface area contributed by atoms with Crippen LogP contribution in [0.15, 0.2) is 33.5 Å². The van der Waals surface area contributed by atoms with Gasteiger partial charge in [0.15, 0.2) is 41.7 Å². The number of aromatic hydroxyl groups is 5. The Hall–Kier alpha value is -4.07. The topological polar surface area (TPSA) is 349 Å². The SMILES string of the molecule is C[C@@H]1O[C@@H](OC[C@H]2O[C@@H](Oc3c(-c4cc(O)c(O)c(O)c4)oc4cc(O)cc(O)c4c3=O)[C@H](O[C@@H]3O[C@@H](C)[C@H](O)[C@@H](O)[C@H]3O)[C@@H](O)[C@@H]2O)[C@H](O)[C@H](O)[C@H]1O. The molecule has 0 bridgehead atoms. The van der Waals surface area contributed by atoms with Crippen LogP contribution in [0.5, 0.6) is 34.5 Å². The molecule has 4 heterocycles. The molecule has 15 atom stereocenters. The number of aliphatic hydroxyl groups is 8. The van der Waals surface area contributed by atoms with Crippen LogP contribution < -0.4 is 10.2 Å². The zero-order valence-electron chi connectivity index (χ0n) is 28.3. The summed E-state index contributed by atoms with van der Waals surface area (Å²) in [5.74, 6) is -5.56. The lowest BCUT2D eigenvalue weighted by Gasteiger charge is -2.46. The molecule has 1 aromatic heterocycles. The van der Waals surface area contributed by atoms with Crippen LogP contribution in [-0.2, 0) is 23.7 Å². The van der Waals surface area contributed by atoms with Crippen LogP contribution >= 0.6 is 0 Å². The highest BCUT2D eigenvalue weighted by Crippen LogP contribution is 2.43. The predicted molar refractivity (Wildman–Crippen MR) is 173 cm³/mol. The van der Waals surface area contributed by atoms with Crippen LogP contribution in [0.25, 0.3) is 22.3 Å². The quantitative estimate of drug-likeness (QED) is 0.101. The van der Waals surface area contributed by atoms with Crippen molar-refractivity contribution in [1.29, 1.82) is 0 Å². The number of phenols is 5. The smallest absolute Gasteiger partial charge is 0.239 e. The third kappa shape index (κ3) is 7.22. The lowest BCUT2D eigenvalue weighted by Crippen LogP contribution is -2.65. The van der Waals surface area contributed by atoms with Crippen molar-refractivity contribution in [2.24, 2.45) is 0 Å². The number of rotatable bonds is 8. The average Bonchev–Trinajstić information content (AvgIpc) is 3.12. The van der Waals surface area contributed by atoms with Crippen LogP contribution in [0, 0.1) is 0 Å². The zero-order valence-corrected chi connectivity index (χ0v) is 28.3. The second-order valence-electron chi connectivity index (χ2n) is 13.2. The summed E-state index contributed by atoms with van der Waals surface area (Å²) in [7, 11) is 0. The lowest BCUT2D eigenvalue weighted by molar-refractivity contribution is -0.360. The Morgan fingerprint density at radius 3 is 1.81 bits per heavy atom. The molecule has 0 radical (unpaired) electrons. The van der Waals surface area contributed by atoms with Gasteiger partial charge in [-0.25, -0.2) is 0 Å². The van der Waals surface area contributed by atoms with Crippen molar-refractivity contribution in [2.45, 2.75) is 106 Å². The van der Waals surface area contributed by atoms with E-state index >= 15 is 0 Å². The number of benzene rings is 2. The minimum Gasteiger partial charge on any atom is -0.508 e. The molecule has 0 unspecified atom stereocenters. The monoisotopic (exact) mass is 772 g/mol. The van der Waals surface area contributed by atoms with Gasteiger partial charge in [0.05, 0.1) is 18.8 Å². The molecule has 21 nitrogen and oxygen atoms in total. The number of fused-ring (bicyclic) bond motifs is 1. The summed E-state index contributed by atoms with van der Waals surface area (Å²) >= 11 is 0. The molecule has 3 aliphatic heterocycles. The van der Waals surface area contributed by atoms with Crippen molar-refractivity contribution >= 4 is 11.0 Å². The van der Waals surface area contributed by atoms with Crippen molar-refractivity contribution in [1.82, 2.24) is 0 Å². The van der Waals surface area contributed by atoms with Crippen molar-refractivity contribution in [3.8, 4) is 45.8 Å². The first kappa shape index (κ1) is 39.6. The van der Waals surface area contributed by atoms with Gasteiger partial charge in [0, 0.05) is 17.7 Å². The Morgan fingerprint density at radius 1 is 0.630 bits per heavy atom. The molecule has 3 saturated heterocycles. The molecule has 13 N–H and O–H groups in total. The minimum absolute atomic E-state index is 0.330. The Bertz CT molecular complexity index is 1860. The van der Waals surface area contributed by atoms with Crippen LogP contribution in [0.1, 0.15) is 13.8 Å². The second kappa shape index (κ2) is 15.2. The standard InChI is InChI=1S/C33H40O21/c1-8-18(38)23(43)26(46)31(49-8)48-7-16-21(41)25(45)30(54-32-27(47)24(44)19(39)9(2)50-32)33(52-16)53-29-22(42)17-12(35)5-11(34)6-15(17)51-28(29)10-3-13(36)20(40)14(37)4-10/h3-6,8-9,16,18-19,21,23-27,30-41,43-47H,7H2,1-2H3/t8-,9-,16+,18-,19-,21+,23+,24+,25-,26+,27+,30+,31+,32-,33-/m0/s1. The number of ether oxygens (including phenoxy) is 6. The lowest BCUT2D eigenvalue weighted by atomic mass is 9.97. The van der Waals surface area contributed by atoms with Crippen LogP contribution in [0.2, 0.25) is 0 Å². The summed E-state index contributed by atoms with van der Waals surface area (Å²) in [5.41, 5.74) is -1.93. The normalized spacial score (nSPS) is 37.3. The van der Waals surface area contributed by atoms with Gasteiger partial charge in [-0.05, 0) is 26.0 Å². The van der Waals surface area contributed by atoms with Gasteiger partial charge in [-0.15, -0.1) is 0 Å². The maximum atomic E-state index is 14.1. The van der Waals surface area contributed by atoms with Crippen molar-refractivity contribution < 1.29 is 99.2 Å². The maximum Gasteiger partial charge on any atom is 0.239 e. The first-order valence-electron chi connectivity index (χ1n) is 16.5. The maximum absolute atomic E-state index is 14.1. The molecule has 0 aliphatic carbocycles. The van der Waals surface area contributed by atoms with Gasteiger partial charge in [-0.1, -0.05) is 0 Å². The van der Waals surface area contributed by atoms with E-state index in [1.165, 1.54) is 13.8 Å². The van der Waals surface area contributed by atoms with E-state index in [9.17, 15) is 71.2 Å².